The van der Waals surface area contributed by atoms with Crippen LogP contribution in [0.5, 0.6) is 0 Å². The number of sulfonamides is 1. The number of nitrogens with one attached hydrogen (secondary N) is 2. The smallest absolute Gasteiger partial charge is 0.245 e. The van der Waals surface area contributed by atoms with Crippen LogP contribution in [0.1, 0.15) is 26.0 Å². The van der Waals surface area contributed by atoms with E-state index in [9.17, 15) is 8.42 Å². The van der Waals surface area contributed by atoms with Gasteiger partial charge in [-0.15, -0.1) is 0 Å². The van der Waals surface area contributed by atoms with Gasteiger partial charge in [-0.1, -0.05) is 6.92 Å². The van der Waals surface area contributed by atoms with Crippen molar-refractivity contribution in [2.24, 2.45) is 0 Å². The summed E-state index contributed by atoms with van der Waals surface area (Å²) in [5, 5.41) is 3.15. The quantitative estimate of drug-likeness (QED) is 0.616. The number of halogens is 1. The summed E-state index contributed by atoms with van der Waals surface area (Å²) >= 11 is 3.14. The molecular formula is C12H21BrN2O4S. The van der Waals surface area contributed by atoms with Gasteiger partial charge in [0.05, 0.1) is 13.2 Å². The maximum Gasteiger partial charge on any atom is 0.245 e. The molecule has 0 radical (unpaired) electrons. The minimum atomic E-state index is -3.58. The Bertz CT molecular complexity index is 502. The molecule has 1 heterocycles. The predicted molar refractivity (Wildman–Crippen MR) is 80.1 cm³/mol. The van der Waals surface area contributed by atoms with E-state index in [1.165, 1.54) is 6.07 Å². The summed E-state index contributed by atoms with van der Waals surface area (Å²) in [6.07, 6.45) is 1.01. The Kier molecular flexibility index (Phi) is 7.75. The van der Waals surface area contributed by atoms with E-state index in [2.05, 4.69) is 32.9 Å². The van der Waals surface area contributed by atoms with E-state index in [4.69, 9.17) is 9.15 Å². The van der Waals surface area contributed by atoms with Gasteiger partial charge in [0.15, 0.2) is 4.67 Å². The van der Waals surface area contributed by atoms with E-state index in [0.717, 1.165) is 13.0 Å². The van der Waals surface area contributed by atoms with Crippen molar-refractivity contribution in [3.63, 3.8) is 0 Å². The Labute approximate surface area is 128 Å². The van der Waals surface area contributed by atoms with Gasteiger partial charge in [-0.25, -0.2) is 13.1 Å². The van der Waals surface area contributed by atoms with Crippen molar-refractivity contribution in [3.8, 4) is 0 Å². The summed E-state index contributed by atoms with van der Waals surface area (Å²) in [7, 11) is -3.58. The first-order valence-corrected chi connectivity index (χ1v) is 8.85. The Balaban J connectivity index is 2.64. The number of hydrogen-bond acceptors (Lipinski definition) is 5. The van der Waals surface area contributed by atoms with Gasteiger partial charge in [0, 0.05) is 19.2 Å². The van der Waals surface area contributed by atoms with E-state index in [1.54, 1.807) is 0 Å². The van der Waals surface area contributed by atoms with Crippen molar-refractivity contribution in [1.29, 1.82) is 0 Å². The third-order valence-corrected chi connectivity index (χ3v) is 4.78. The van der Waals surface area contributed by atoms with Crippen molar-refractivity contribution in [3.05, 3.63) is 16.5 Å². The van der Waals surface area contributed by atoms with Crippen LogP contribution in [0, 0.1) is 0 Å². The molecule has 0 atom stereocenters. The molecule has 0 aliphatic carbocycles. The lowest BCUT2D eigenvalue weighted by atomic mass is 10.4. The minimum Gasteiger partial charge on any atom is -0.452 e. The molecule has 0 aliphatic heterocycles. The molecule has 0 spiro atoms. The van der Waals surface area contributed by atoms with E-state index in [0.29, 0.717) is 25.5 Å². The highest BCUT2D eigenvalue weighted by molar-refractivity contribution is 9.10. The monoisotopic (exact) mass is 368 g/mol. The van der Waals surface area contributed by atoms with Gasteiger partial charge < -0.3 is 14.5 Å². The summed E-state index contributed by atoms with van der Waals surface area (Å²) in [6.45, 7) is 6.41. The second kappa shape index (κ2) is 8.78. The van der Waals surface area contributed by atoms with E-state index in [-0.39, 0.29) is 16.1 Å². The van der Waals surface area contributed by atoms with Gasteiger partial charge in [-0.3, -0.25) is 0 Å². The molecule has 0 saturated heterocycles. The summed E-state index contributed by atoms with van der Waals surface area (Å²) in [4.78, 5) is 0.113. The third kappa shape index (κ3) is 5.53. The lowest BCUT2D eigenvalue weighted by molar-refractivity contribution is 0.153. The predicted octanol–water partition coefficient (Wildman–Crippen LogP) is 1.86. The SMILES string of the molecule is CCCNCc1cc(S(=O)(=O)NCCOCC)c(Br)o1. The largest absolute Gasteiger partial charge is 0.452 e. The Hall–Kier alpha value is -0.410. The summed E-state index contributed by atoms with van der Waals surface area (Å²) < 4.78 is 37.3. The van der Waals surface area contributed by atoms with Gasteiger partial charge in [-0.2, -0.15) is 0 Å². The van der Waals surface area contributed by atoms with Crippen molar-refractivity contribution >= 4 is 26.0 Å². The molecule has 20 heavy (non-hydrogen) atoms. The average Bonchev–Trinajstić information content (AvgIpc) is 2.77. The molecule has 0 aliphatic rings. The molecule has 1 rings (SSSR count). The van der Waals surface area contributed by atoms with E-state index >= 15 is 0 Å². The molecule has 2 N–H and O–H groups in total. The van der Waals surface area contributed by atoms with Gasteiger partial charge in [0.2, 0.25) is 10.0 Å². The molecular weight excluding hydrogens is 348 g/mol. The van der Waals surface area contributed by atoms with E-state index < -0.39 is 10.0 Å². The first-order valence-electron chi connectivity index (χ1n) is 6.57. The molecule has 8 heteroatoms. The lowest BCUT2D eigenvalue weighted by Gasteiger charge is -2.04. The molecule has 0 fully saturated rings. The Morgan fingerprint density at radius 2 is 2.10 bits per heavy atom. The minimum absolute atomic E-state index is 0.113. The zero-order chi connectivity index (χ0) is 15.0. The van der Waals surface area contributed by atoms with Crippen LogP contribution in [-0.4, -0.2) is 34.7 Å². The van der Waals surface area contributed by atoms with Gasteiger partial charge in [-0.05, 0) is 35.8 Å². The molecule has 0 aromatic carbocycles. The van der Waals surface area contributed by atoms with E-state index in [1.807, 2.05) is 6.92 Å². The maximum absolute atomic E-state index is 12.1. The summed E-state index contributed by atoms with van der Waals surface area (Å²) in [6, 6.07) is 1.52. The van der Waals surface area contributed by atoms with Crippen molar-refractivity contribution in [2.75, 3.05) is 26.3 Å². The molecule has 6 nitrogen and oxygen atoms in total. The topological polar surface area (TPSA) is 80.6 Å². The zero-order valence-electron chi connectivity index (χ0n) is 11.7. The molecule has 0 saturated carbocycles. The summed E-state index contributed by atoms with van der Waals surface area (Å²) in [5.41, 5.74) is 0. The summed E-state index contributed by atoms with van der Waals surface area (Å²) in [5.74, 6) is 0.579. The number of rotatable bonds is 10. The van der Waals surface area contributed by atoms with Crippen molar-refractivity contribution in [2.45, 2.75) is 31.7 Å². The Morgan fingerprint density at radius 1 is 1.35 bits per heavy atom. The number of furan rings is 1. The first kappa shape index (κ1) is 17.6. The van der Waals surface area contributed by atoms with Crippen LogP contribution in [0.15, 0.2) is 20.0 Å². The van der Waals surface area contributed by atoms with Gasteiger partial charge >= 0.3 is 0 Å². The molecule has 116 valence electrons. The number of hydrogen-bond donors (Lipinski definition) is 2. The van der Waals surface area contributed by atoms with Crippen LogP contribution in [0.4, 0.5) is 0 Å². The maximum atomic E-state index is 12.1. The van der Waals surface area contributed by atoms with Crippen LogP contribution in [-0.2, 0) is 21.3 Å². The second-order valence-electron chi connectivity index (χ2n) is 4.12. The highest BCUT2D eigenvalue weighted by Gasteiger charge is 2.21. The first-order chi connectivity index (χ1) is 9.51. The molecule has 0 amide bonds. The van der Waals surface area contributed by atoms with Crippen molar-refractivity contribution < 1.29 is 17.6 Å². The Morgan fingerprint density at radius 3 is 2.75 bits per heavy atom. The number of ether oxygens (including phenoxy) is 1. The highest BCUT2D eigenvalue weighted by Crippen LogP contribution is 2.25. The fourth-order valence-corrected chi connectivity index (χ4v) is 3.54. The molecule has 0 unspecified atom stereocenters. The van der Waals surface area contributed by atoms with Gasteiger partial charge in [0.1, 0.15) is 10.7 Å². The van der Waals surface area contributed by atoms with Crippen LogP contribution in [0.3, 0.4) is 0 Å². The lowest BCUT2D eigenvalue weighted by Crippen LogP contribution is -2.27. The normalized spacial score (nSPS) is 11.9. The molecule has 1 aromatic rings. The fraction of sp³-hybridized carbons (Fsp3) is 0.667. The van der Waals surface area contributed by atoms with Crippen LogP contribution in [0.25, 0.3) is 0 Å². The second-order valence-corrected chi connectivity index (χ2v) is 6.58. The van der Waals surface area contributed by atoms with Crippen LogP contribution in [0.2, 0.25) is 0 Å². The highest BCUT2D eigenvalue weighted by atomic mass is 79.9. The average molecular weight is 369 g/mol. The molecule has 1 aromatic heterocycles. The standard InChI is InChI=1S/C12H21BrN2O4S/c1-3-5-14-9-10-8-11(12(13)19-10)20(16,17)15-6-7-18-4-2/h8,14-15H,3-7,9H2,1-2H3. The third-order valence-electron chi connectivity index (χ3n) is 2.46. The van der Waals surface area contributed by atoms with Crippen LogP contribution < -0.4 is 10.0 Å². The van der Waals surface area contributed by atoms with Crippen LogP contribution >= 0.6 is 15.9 Å². The van der Waals surface area contributed by atoms with Crippen molar-refractivity contribution in [1.82, 2.24) is 10.0 Å². The zero-order valence-corrected chi connectivity index (χ0v) is 14.1. The van der Waals surface area contributed by atoms with Gasteiger partial charge in [0.25, 0.3) is 0 Å². The molecule has 0 bridgehead atoms. The fourth-order valence-electron chi connectivity index (χ4n) is 1.53.